The number of amides is 1. The fraction of sp³-hybridized carbons (Fsp3) is 0.211. The minimum Gasteiger partial charge on any atom is -0.492 e. The third-order valence-corrected chi connectivity index (χ3v) is 4.19. The number of carbonyl (C=O) groups is 1. The average Bonchev–Trinajstić information content (AvgIpc) is 3.13. The number of rotatable bonds is 0. The molecule has 0 saturated heterocycles. The summed E-state index contributed by atoms with van der Waals surface area (Å²) < 4.78 is 7.77. The number of fused-ring (bicyclic) bond motifs is 5. The minimum atomic E-state index is -0.222. The van der Waals surface area contributed by atoms with E-state index in [1.54, 1.807) is 12.4 Å². The predicted octanol–water partition coefficient (Wildman–Crippen LogP) is 2.09. The molecule has 2 N–H and O–H groups in total. The minimum absolute atomic E-state index is 0.164. The van der Waals surface area contributed by atoms with Crippen LogP contribution >= 0.6 is 0 Å². The molecule has 2 aliphatic rings. The van der Waals surface area contributed by atoms with Crippen molar-refractivity contribution in [2.45, 2.75) is 19.0 Å². The molecular weight excluding hydrogens is 330 g/mol. The summed E-state index contributed by atoms with van der Waals surface area (Å²) in [6.45, 7) is 1.18. The molecule has 2 aromatic rings. The highest BCUT2D eigenvalue weighted by Gasteiger charge is 2.20. The van der Waals surface area contributed by atoms with Crippen molar-refractivity contribution in [3.8, 4) is 5.75 Å². The van der Waals surface area contributed by atoms with E-state index in [0.29, 0.717) is 30.3 Å². The standard InChI is InChI=1S/C19H19N5O2/c25-19-14-7-2-3-9-16(14)26-12-5-1-4-11-24-13-20-23-18(24)15-8-6-10-17(21-15)22-19/h1-4,6-10,13,15,21H,5,11-12H2,(H,22,25)/b4-1-. The second-order valence-electron chi connectivity index (χ2n) is 5.99. The van der Waals surface area contributed by atoms with Gasteiger partial charge in [-0.3, -0.25) is 4.79 Å². The highest BCUT2D eigenvalue weighted by Crippen LogP contribution is 2.20. The van der Waals surface area contributed by atoms with Gasteiger partial charge in [-0.15, -0.1) is 10.2 Å². The van der Waals surface area contributed by atoms with E-state index in [4.69, 9.17) is 4.74 Å². The molecule has 1 aromatic carbocycles. The summed E-state index contributed by atoms with van der Waals surface area (Å²) in [6, 6.07) is 7.08. The van der Waals surface area contributed by atoms with E-state index >= 15 is 0 Å². The van der Waals surface area contributed by atoms with Crippen LogP contribution in [0.3, 0.4) is 0 Å². The third kappa shape index (κ3) is 3.37. The first kappa shape index (κ1) is 16.1. The number of allylic oxidation sites excluding steroid dienone is 3. The van der Waals surface area contributed by atoms with Gasteiger partial charge < -0.3 is 19.9 Å². The van der Waals surface area contributed by atoms with Gasteiger partial charge in [-0.05, 0) is 24.6 Å². The van der Waals surface area contributed by atoms with Gasteiger partial charge in [0.05, 0.1) is 12.2 Å². The van der Waals surface area contributed by atoms with Crippen LogP contribution in [0.5, 0.6) is 5.75 Å². The Morgan fingerprint density at radius 3 is 3.12 bits per heavy atom. The molecule has 7 nitrogen and oxygen atoms in total. The van der Waals surface area contributed by atoms with Gasteiger partial charge in [-0.25, -0.2) is 0 Å². The normalized spacial score (nSPS) is 20.8. The lowest BCUT2D eigenvalue weighted by atomic mass is 10.1. The highest BCUT2D eigenvalue weighted by molar-refractivity contribution is 5.97. The van der Waals surface area contributed by atoms with Gasteiger partial charge in [0.25, 0.3) is 5.91 Å². The van der Waals surface area contributed by atoms with Crippen LogP contribution < -0.4 is 15.4 Å². The quantitative estimate of drug-likeness (QED) is 0.712. The van der Waals surface area contributed by atoms with Crippen molar-refractivity contribution in [2.24, 2.45) is 0 Å². The van der Waals surface area contributed by atoms with Crippen molar-refractivity contribution in [3.05, 3.63) is 78.2 Å². The Balaban J connectivity index is 1.65. The number of hydrogen-bond donors (Lipinski definition) is 2. The molecule has 1 atom stereocenters. The van der Waals surface area contributed by atoms with Crippen molar-refractivity contribution in [2.75, 3.05) is 6.61 Å². The molecule has 26 heavy (non-hydrogen) atoms. The predicted molar refractivity (Wildman–Crippen MR) is 96.3 cm³/mol. The molecule has 3 heterocycles. The Morgan fingerprint density at radius 1 is 1.23 bits per heavy atom. The summed E-state index contributed by atoms with van der Waals surface area (Å²) in [6.07, 6.45) is 12.3. The Bertz CT molecular complexity index is 897. The summed E-state index contributed by atoms with van der Waals surface area (Å²) in [7, 11) is 0. The van der Waals surface area contributed by atoms with Gasteiger partial charge in [0.15, 0.2) is 5.82 Å². The van der Waals surface area contributed by atoms with E-state index in [2.05, 4.69) is 33.0 Å². The SMILES string of the molecule is O=C1NC2=CC=CC(N2)c2nncn2C/C=C\CCOc2ccccc21. The van der Waals surface area contributed by atoms with Crippen LogP contribution in [-0.2, 0) is 6.54 Å². The van der Waals surface area contributed by atoms with Gasteiger partial charge in [-0.2, -0.15) is 0 Å². The van der Waals surface area contributed by atoms with Crippen LogP contribution in [0.25, 0.3) is 0 Å². The summed E-state index contributed by atoms with van der Waals surface area (Å²) in [5.74, 6) is 1.75. The third-order valence-electron chi connectivity index (χ3n) is 4.19. The molecule has 7 heteroatoms. The summed E-state index contributed by atoms with van der Waals surface area (Å²) in [5, 5.41) is 14.4. The maximum Gasteiger partial charge on any atom is 0.260 e. The fourth-order valence-electron chi connectivity index (χ4n) is 2.91. The lowest BCUT2D eigenvalue weighted by Gasteiger charge is -2.22. The number of benzene rings is 1. The lowest BCUT2D eigenvalue weighted by molar-refractivity contribution is 0.0958. The van der Waals surface area contributed by atoms with E-state index < -0.39 is 0 Å². The second-order valence-corrected chi connectivity index (χ2v) is 5.99. The monoisotopic (exact) mass is 349 g/mol. The highest BCUT2D eigenvalue weighted by atomic mass is 16.5. The number of hydrogen-bond acceptors (Lipinski definition) is 5. The van der Waals surface area contributed by atoms with Gasteiger partial charge in [0.1, 0.15) is 23.9 Å². The summed E-state index contributed by atoms with van der Waals surface area (Å²) in [4.78, 5) is 12.7. The van der Waals surface area contributed by atoms with Crippen LogP contribution in [0.4, 0.5) is 0 Å². The molecule has 1 unspecified atom stereocenters. The number of aromatic nitrogens is 3. The van der Waals surface area contributed by atoms with Gasteiger partial charge >= 0.3 is 0 Å². The van der Waals surface area contributed by atoms with Crippen molar-refractivity contribution in [3.63, 3.8) is 0 Å². The first-order valence-corrected chi connectivity index (χ1v) is 8.52. The van der Waals surface area contributed by atoms with Crippen LogP contribution in [-0.4, -0.2) is 27.3 Å². The number of carbonyl (C=O) groups excluding carboxylic acids is 1. The molecule has 4 rings (SSSR count). The molecule has 132 valence electrons. The maximum atomic E-state index is 12.7. The summed E-state index contributed by atoms with van der Waals surface area (Å²) >= 11 is 0. The van der Waals surface area contributed by atoms with Crippen molar-refractivity contribution < 1.29 is 9.53 Å². The fourth-order valence-corrected chi connectivity index (χ4v) is 2.91. The molecule has 2 aliphatic heterocycles. The van der Waals surface area contributed by atoms with E-state index in [-0.39, 0.29) is 11.9 Å². The Morgan fingerprint density at radius 2 is 2.15 bits per heavy atom. The van der Waals surface area contributed by atoms with Crippen LogP contribution in [0.15, 0.2) is 66.8 Å². The zero-order valence-electron chi connectivity index (χ0n) is 14.1. The number of nitrogens with zero attached hydrogens (tertiary/aromatic N) is 3. The zero-order valence-corrected chi connectivity index (χ0v) is 14.1. The second kappa shape index (κ2) is 7.26. The molecule has 1 aromatic heterocycles. The number of ether oxygens (including phenoxy) is 1. The number of dihydropyridines is 1. The maximum absolute atomic E-state index is 12.7. The van der Waals surface area contributed by atoms with Crippen LogP contribution in [0.2, 0.25) is 0 Å². The number of para-hydroxylation sites is 1. The first-order chi connectivity index (χ1) is 12.8. The first-order valence-electron chi connectivity index (χ1n) is 8.52. The van der Waals surface area contributed by atoms with Crippen molar-refractivity contribution in [1.82, 2.24) is 25.4 Å². The van der Waals surface area contributed by atoms with E-state index in [1.807, 2.05) is 41.0 Å². The van der Waals surface area contributed by atoms with Crippen LogP contribution in [0.1, 0.15) is 28.6 Å². The zero-order chi connectivity index (χ0) is 17.8. The van der Waals surface area contributed by atoms with Crippen molar-refractivity contribution in [1.29, 1.82) is 0 Å². The molecule has 2 bridgehead atoms. The number of nitrogens with one attached hydrogen (secondary N) is 2. The topological polar surface area (TPSA) is 81.1 Å². The molecule has 0 radical (unpaired) electrons. The molecule has 0 fully saturated rings. The van der Waals surface area contributed by atoms with E-state index in [0.717, 1.165) is 12.2 Å². The van der Waals surface area contributed by atoms with E-state index in [9.17, 15) is 4.79 Å². The largest absolute Gasteiger partial charge is 0.492 e. The van der Waals surface area contributed by atoms with Crippen LogP contribution in [0, 0.1) is 0 Å². The average molecular weight is 349 g/mol. The lowest BCUT2D eigenvalue weighted by Crippen LogP contribution is -2.35. The summed E-state index contributed by atoms with van der Waals surface area (Å²) in [5.41, 5.74) is 0.503. The Kier molecular flexibility index (Phi) is 4.51. The van der Waals surface area contributed by atoms with Gasteiger partial charge in [0.2, 0.25) is 0 Å². The Labute approximate surface area is 151 Å². The molecule has 1 amide bonds. The molecular formula is C19H19N5O2. The molecule has 0 saturated carbocycles. The van der Waals surface area contributed by atoms with E-state index in [1.165, 1.54) is 0 Å². The van der Waals surface area contributed by atoms with Gasteiger partial charge in [-0.1, -0.05) is 36.4 Å². The Hall–Kier alpha value is -3.35. The molecule has 0 spiro atoms. The van der Waals surface area contributed by atoms with Crippen molar-refractivity contribution >= 4 is 5.91 Å². The smallest absolute Gasteiger partial charge is 0.260 e. The van der Waals surface area contributed by atoms with Gasteiger partial charge in [0, 0.05) is 6.54 Å². The molecule has 0 aliphatic carbocycles.